The molecule has 114 valence electrons. The van der Waals surface area contributed by atoms with Gasteiger partial charge in [0.1, 0.15) is 6.61 Å². The maximum absolute atomic E-state index is 11.3. The van der Waals surface area contributed by atoms with Crippen LogP contribution >= 0.6 is 0 Å². The summed E-state index contributed by atoms with van der Waals surface area (Å²) in [5, 5.41) is 3.24. The molecule has 1 aromatic carbocycles. The monoisotopic (exact) mass is 299 g/mol. The number of nitrogens with one attached hydrogen (secondary N) is 1. The summed E-state index contributed by atoms with van der Waals surface area (Å²) in [4.78, 5) is 11.3. The lowest BCUT2D eigenvalue weighted by atomic mass is 10.2. The van der Waals surface area contributed by atoms with Crippen LogP contribution in [-0.4, -0.2) is 12.9 Å². The SMILES string of the molecule is COc1ccc(NC2=CC(=O)CC2)cc1OCc1ccoc1. The maximum atomic E-state index is 11.3. The first-order chi connectivity index (χ1) is 10.7. The number of ether oxygens (including phenoxy) is 2. The number of anilines is 1. The number of allylic oxidation sites excluding steroid dienone is 2. The van der Waals surface area contributed by atoms with Gasteiger partial charge in [-0.05, 0) is 24.6 Å². The Morgan fingerprint density at radius 2 is 2.14 bits per heavy atom. The van der Waals surface area contributed by atoms with Gasteiger partial charge in [0.25, 0.3) is 0 Å². The molecule has 5 nitrogen and oxygen atoms in total. The summed E-state index contributed by atoms with van der Waals surface area (Å²) in [6.07, 6.45) is 6.22. The van der Waals surface area contributed by atoms with E-state index in [0.29, 0.717) is 24.5 Å². The fourth-order valence-electron chi connectivity index (χ4n) is 2.28. The Morgan fingerprint density at radius 3 is 2.82 bits per heavy atom. The number of hydrogen-bond donors (Lipinski definition) is 1. The van der Waals surface area contributed by atoms with E-state index >= 15 is 0 Å². The summed E-state index contributed by atoms with van der Waals surface area (Å²) in [6.45, 7) is 0.400. The molecule has 0 fully saturated rings. The van der Waals surface area contributed by atoms with E-state index in [-0.39, 0.29) is 5.78 Å². The molecule has 0 atom stereocenters. The van der Waals surface area contributed by atoms with Gasteiger partial charge < -0.3 is 19.2 Å². The molecule has 0 spiro atoms. The van der Waals surface area contributed by atoms with Gasteiger partial charge in [-0.25, -0.2) is 0 Å². The second-order valence-electron chi connectivity index (χ2n) is 5.05. The summed E-state index contributed by atoms with van der Waals surface area (Å²) in [5.41, 5.74) is 2.74. The van der Waals surface area contributed by atoms with Crippen molar-refractivity contribution >= 4 is 11.5 Å². The smallest absolute Gasteiger partial charge is 0.163 e. The predicted octanol–water partition coefficient (Wildman–Crippen LogP) is 3.53. The Balaban J connectivity index is 1.74. The fraction of sp³-hybridized carbons (Fsp3) is 0.235. The zero-order valence-electron chi connectivity index (χ0n) is 12.3. The Kier molecular flexibility index (Phi) is 4.14. The number of carbonyl (C=O) groups excluding carboxylic acids is 1. The number of methoxy groups -OCH3 is 1. The van der Waals surface area contributed by atoms with Crippen molar-refractivity contribution in [3.05, 3.63) is 54.1 Å². The van der Waals surface area contributed by atoms with Crippen LogP contribution in [0.2, 0.25) is 0 Å². The molecule has 0 radical (unpaired) electrons. The van der Waals surface area contributed by atoms with Crippen molar-refractivity contribution in [1.29, 1.82) is 0 Å². The first-order valence-corrected chi connectivity index (χ1v) is 7.07. The highest BCUT2D eigenvalue weighted by Crippen LogP contribution is 2.32. The van der Waals surface area contributed by atoms with Crippen molar-refractivity contribution in [2.24, 2.45) is 0 Å². The van der Waals surface area contributed by atoms with Crippen LogP contribution in [0.3, 0.4) is 0 Å². The minimum Gasteiger partial charge on any atom is -0.493 e. The van der Waals surface area contributed by atoms with Crippen LogP contribution in [0.25, 0.3) is 0 Å². The van der Waals surface area contributed by atoms with Crippen molar-refractivity contribution in [3.8, 4) is 11.5 Å². The zero-order valence-corrected chi connectivity index (χ0v) is 12.3. The van der Waals surface area contributed by atoms with Crippen molar-refractivity contribution in [2.75, 3.05) is 12.4 Å². The van der Waals surface area contributed by atoms with Crippen molar-refractivity contribution < 1.29 is 18.7 Å². The molecule has 5 heteroatoms. The summed E-state index contributed by atoms with van der Waals surface area (Å²) in [7, 11) is 1.60. The van der Waals surface area contributed by atoms with Gasteiger partial charge in [0.05, 0.1) is 19.6 Å². The molecule has 0 saturated heterocycles. The van der Waals surface area contributed by atoms with Crippen LogP contribution in [0.1, 0.15) is 18.4 Å². The van der Waals surface area contributed by atoms with Crippen molar-refractivity contribution in [1.82, 2.24) is 0 Å². The lowest BCUT2D eigenvalue weighted by molar-refractivity contribution is -0.114. The zero-order chi connectivity index (χ0) is 15.4. The molecule has 1 aromatic heterocycles. The lowest BCUT2D eigenvalue weighted by Gasteiger charge is -2.13. The Morgan fingerprint density at radius 1 is 1.23 bits per heavy atom. The first kappa shape index (κ1) is 14.3. The van der Waals surface area contributed by atoms with Gasteiger partial charge in [-0.1, -0.05) is 0 Å². The molecule has 0 saturated carbocycles. The quantitative estimate of drug-likeness (QED) is 0.884. The third-order valence-corrected chi connectivity index (χ3v) is 3.42. The van der Waals surface area contributed by atoms with Gasteiger partial charge in [-0.15, -0.1) is 0 Å². The van der Waals surface area contributed by atoms with Crippen LogP contribution in [0.15, 0.2) is 53.0 Å². The van der Waals surface area contributed by atoms with E-state index in [2.05, 4.69) is 5.32 Å². The van der Waals surface area contributed by atoms with Crippen molar-refractivity contribution in [3.63, 3.8) is 0 Å². The van der Waals surface area contributed by atoms with Gasteiger partial charge in [-0.2, -0.15) is 0 Å². The summed E-state index contributed by atoms with van der Waals surface area (Å²) < 4.78 is 16.1. The number of hydrogen-bond acceptors (Lipinski definition) is 5. The van der Waals surface area contributed by atoms with E-state index in [9.17, 15) is 4.79 Å². The van der Waals surface area contributed by atoms with Crippen LogP contribution in [0.4, 0.5) is 5.69 Å². The average Bonchev–Trinajstić information content (AvgIpc) is 3.17. The molecule has 0 bridgehead atoms. The van der Waals surface area contributed by atoms with E-state index in [4.69, 9.17) is 13.9 Å². The average molecular weight is 299 g/mol. The molecule has 0 amide bonds. The second-order valence-corrected chi connectivity index (χ2v) is 5.05. The largest absolute Gasteiger partial charge is 0.493 e. The molecule has 0 aliphatic heterocycles. The van der Waals surface area contributed by atoms with E-state index in [1.54, 1.807) is 25.7 Å². The second kappa shape index (κ2) is 6.39. The fourth-order valence-corrected chi connectivity index (χ4v) is 2.28. The summed E-state index contributed by atoms with van der Waals surface area (Å²) >= 11 is 0. The molecular weight excluding hydrogens is 282 g/mol. The number of furan rings is 1. The molecule has 2 aromatic rings. The highest BCUT2D eigenvalue weighted by atomic mass is 16.5. The Bertz CT molecular complexity index is 689. The lowest BCUT2D eigenvalue weighted by Crippen LogP contribution is -2.00. The molecule has 1 heterocycles. The topological polar surface area (TPSA) is 60.7 Å². The normalized spacial score (nSPS) is 13.9. The van der Waals surface area contributed by atoms with E-state index < -0.39 is 0 Å². The van der Waals surface area contributed by atoms with Gasteiger partial charge in [0.2, 0.25) is 0 Å². The molecule has 22 heavy (non-hydrogen) atoms. The van der Waals surface area contributed by atoms with Gasteiger partial charge in [-0.3, -0.25) is 4.79 Å². The van der Waals surface area contributed by atoms with Crippen LogP contribution in [0, 0.1) is 0 Å². The maximum Gasteiger partial charge on any atom is 0.163 e. The minimum atomic E-state index is 0.160. The number of rotatable bonds is 6. The first-order valence-electron chi connectivity index (χ1n) is 7.07. The third kappa shape index (κ3) is 3.31. The van der Waals surface area contributed by atoms with E-state index in [1.807, 2.05) is 24.3 Å². The molecule has 0 unspecified atom stereocenters. The highest BCUT2D eigenvalue weighted by Gasteiger charge is 2.13. The van der Waals surface area contributed by atoms with Crippen LogP contribution in [0.5, 0.6) is 11.5 Å². The van der Waals surface area contributed by atoms with Gasteiger partial charge in [0, 0.05) is 35.5 Å². The van der Waals surface area contributed by atoms with E-state index in [1.165, 1.54) is 0 Å². The molecule has 3 rings (SSSR count). The van der Waals surface area contributed by atoms with E-state index in [0.717, 1.165) is 23.4 Å². The standard InChI is InChI=1S/C17H17NO4/c1-20-16-5-3-14(18-13-2-4-15(19)8-13)9-17(16)22-11-12-6-7-21-10-12/h3,5-10,18H,2,4,11H2,1H3. The van der Waals surface area contributed by atoms with Crippen LogP contribution < -0.4 is 14.8 Å². The molecule has 1 N–H and O–H groups in total. The number of benzene rings is 1. The molecular formula is C17H17NO4. The minimum absolute atomic E-state index is 0.160. The Hall–Kier alpha value is -2.69. The Labute approximate surface area is 128 Å². The molecule has 1 aliphatic rings. The number of ketones is 1. The van der Waals surface area contributed by atoms with Gasteiger partial charge >= 0.3 is 0 Å². The summed E-state index contributed by atoms with van der Waals surface area (Å²) in [6, 6.07) is 7.45. The molecule has 1 aliphatic carbocycles. The predicted molar refractivity (Wildman–Crippen MR) is 82.0 cm³/mol. The van der Waals surface area contributed by atoms with Crippen molar-refractivity contribution in [2.45, 2.75) is 19.4 Å². The number of carbonyl (C=O) groups is 1. The third-order valence-electron chi connectivity index (χ3n) is 3.42. The highest BCUT2D eigenvalue weighted by molar-refractivity contribution is 5.93. The van der Waals surface area contributed by atoms with Gasteiger partial charge in [0.15, 0.2) is 17.3 Å². The summed E-state index contributed by atoms with van der Waals surface area (Å²) in [5.74, 6) is 1.46. The van der Waals surface area contributed by atoms with Crippen LogP contribution in [-0.2, 0) is 11.4 Å².